The van der Waals surface area contributed by atoms with E-state index in [1.165, 1.54) is 27.9 Å². The molecular weight excluding hydrogens is 194 g/mol. The minimum atomic E-state index is 0.463. The number of hydrogen-bond acceptors (Lipinski definition) is 0. The third-order valence-corrected chi connectivity index (χ3v) is 3.48. The van der Waals surface area contributed by atoms with Crippen LogP contribution in [0.1, 0.15) is 29.7 Å². The minimum Gasteiger partial charge on any atom is -0.191 e. The van der Waals surface area contributed by atoms with Gasteiger partial charge in [0, 0.05) is 24.1 Å². The second-order valence-electron chi connectivity index (χ2n) is 4.77. The van der Waals surface area contributed by atoms with Gasteiger partial charge in [-0.3, -0.25) is 0 Å². The van der Waals surface area contributed by atoms with E-state index in [2.05, 4.69) is 61.9 Å². The van der Waals surface area contributed by atoms with Crippen LogP contribution in [0.3, 0.4) is 0 Å². The Morgan fingerprint density at radius 1 is 1.00 bits per heavy atom. The van der Waals surface area contributed by atoms with Gasteiger partial charge in [-0.15, -0.1) is 0 Å². The van der Waals surface area contributed by atoms with Crippen LogP contribution < -0.4 is 4.57 Å². The van der Waals surface area contributed by atoms with Crippen LogP contribution >= 0.6 is 0 Å². The highest BCUT2D eigenvalue weighted by atomic mass is 15.0. The van der Waals surface area contributed by atoms with Crippen molar-refractivity contribution in [3.05, 3.63) is 53.2 Å². The van der Waals surface area contributed by atoms with Crippen LogP contribution in [0.15, 0.2) is 36.5 Å². The zero-order chi connectivity index (χ0) is 11.3. The average Bonchev–Trinajstić information content (AvgIpc) is 2.53. The molecule has 0 amide bonds. The van der Waals surface area contributed by atoms with E-state index in [1.54, 1.807) is 0 Å². The maximum absolute atomic E-state index is 2.37. The first-order valence-electron chi connectivity index (χ1n) is 5.79. The number of nitrogens with zero attached hydrogens (tertiary/aromatic N) is 1. The van der Waals surface area contributed by atoms with Crippen molar-refractivity contribution in [1.82, 2.24) is 0 Å². The fraction of sp³-hybridized carbons (Fsp3) is 0.267. The fourth-order valence-corrected chi connectivity index (χ4v) is 2.59. The van der Waals surface area contributed by atoms with Gasteiger partial charge < -0.3 is 0 Å². The molecule has 1 nitrogen and oxygen atoms in total. The van der Waals surface area contributed by atoms with E-state index in [9.17, 15) is 0 Å². The standard InChI is InChI=1S/C15H16N/c1-10-4-6-13-14(8-10)12(3)16-9-11(2)5-7-15(13)16/h4-9,12H,1-3H3/q+1. The van der Waals surface area contributed by atoms with Crippen LogP contribution in [0.4, 0.5) is 0 Å². The number of rotatable bonds is 0. The molecule has 0 N–H and O–H groups in total. The van der Waals surface area contributed by atoms with Gasteiger partial charge in [0.1, 0.15) is 0 Å². The van der Waals surface area contributed by atoms with Crippen LogP contribution in [0.25, 0.3) is 11.3 Å². The lowest BCUT2D eigenvalue weighted by molar-refractivity contribution is -0.694. The van der Waals surface area contributed by atoms with Gasteiger partial charge in [-0.1, -0.05) is 11.6 Å². The van der Waals surface area contributed by atoms with E-state index in [0.29, 0.717) is 6.04 Å². The Kier molecular flexibility index (Phi) is 1.90. The second-order valence-corrected chi connectivity index (χ2v) is 4.77. The third kappa shape index (κ3) is 1.21. The summed E-state index contributed by atoms with van der Waals surface area (Å²) < 4.78 is 2.37. The van der Waals surface area contributed by atoms with Gasteiger partial charge in [-0.25, -0.2) is 0 Å². The number of aromatic nitrogens is 1. The summed E-state index contributed by atoms with van der Waals surface area (Å²) in [5, 5.41) is 0. The van der Waals surface area contributed by atoms with Crippen LogP contribution in [0, 0.1) is 13.8 Å². The van der Waals surface area contributed by atoms with Crippen molar-refractivity contribution in [2.45, 2.75) is 26.8 Å². The summed E-state index contributed by atoms with van der Waals surface area (Å²) in [4.78, 5) is 0. The van der Waals surface area contributed by atoms with Crippen LogP contribution in [0.2, 0.25) is 0 Å². The van der Waals surface area contributed by atoms with Gasteiger partial charge in [0.25, 0.3) is 0 Å². The Labute approximate surface area is 96.4 Å². The highest BCUT2D eigenvalue weighted by Gasteiger charge is 2.32. The molecule has 1 aliphatic rings. The molecule has 2 aromatic rings. The Hall–Kier alpha value is -1.63. The summed E-state index contributed by atoms with van der Waals surface area (Å²) in [5.41, 5.74) is 6.84. The van der Waals surface area contributed by atoms with Crippen molar-refractivity contribution in [2.75, 3.05) is 0 Å². The van der Waals surface area contributed by atoms with Crippen molar-refractivity contribution in [2.24, 2.45) is 0 Å². The predicted molar refractivity (Wildman–Crippen MR) is 65.4 cm³/mol. The molecule has 0 bridgehead atoms. The van der Waals surface area contributed by atoms with E-state index < -0.39 is 0 Å². The molecule has 1 atom stereocenters. The molecule has 3 rings (SSSR count). The maximum Gasteiger partial charge on any atom is 0.213 e. The normalized spacial score (nSPS) is 17.1. The molecule has 1 aliphatic heterocycles. The molecule has 1 heteroatoms. The molecule has 0 aliphatic carbocycles. The number of benzene rings is 1. The predicted octanol–water partition coefficient (Wildman–Crippen LogP) is 3.18. The quantitative estimate of drug-likeness (QED) is 0.588. The fourth-order valence-electron chi connectivity index (χ4n) is 2.59. The molecule has 2 heterocycles. The molecule has 0 saturated heterocycles. The van der Waals surface area contributed by atoms with Crippen molar-refractivity contribution in [3.8, 4) is 11.3 Å². The van der Waals surface area contributed by atoms with Gasteiger partial charge in [-0.2, -0.15) is 4.57 Å². The summed E-state index contributed by atoms with van der Waals surface area (Å²) >= 11 is 0. The lowest BCUT2D eigenvalue weighted by Crippen LogP contribution is -2.36. The molecule has 1 aromatic heterocycles. The zero-order valence-corrected chi connectivity index (χ0v) is 9.99. The number of hydrogen-bond donors (Lipinski definition) is 0. The molecule has 80 valence electrons. The summed E-state index contributed by atoms with van der Waals surface area (Å²) in [6, 6.07) is 11.6. The van der Waals surface area contributed by atoms with Crippen molar-refractivity contribution in [3.63, 3.8) is 0 Å². The van der Waals surface area contributed by atoms with Crippen molar-refractivity contribution < 1.29 is 4.57 Å². The van der Waals surface area contributed by atoms with Gasteiger partial charge in [0.15, 0.2) is 12.2 Å². The van der Waals surface area contributed by atoms with E-state index in [1.807, 2.05) is 0 Å². The van der Waals surface area contributed by atoms with Gasteiger partial charge in [-0.05, 0) is 32.0 Å². The summed E-state index contributed by atoms with van der Waals surface area (Å²) in [6.07, 6.45) is 2.25. The first kappa shape index (κ1) is 9.59. The van der Waals surface area contributed by atoms with Crippen LogP contribution in [-0.4, -0.2) is 0 Å². The van der Waals surface area contributed by atoms with Crippen molar-refractivity contribution in [1.29, 1.82) is 0 Å². The van der Waals surface area contributed by atoms with Crippen LogP contribution in [0.5, 0.6) is 0 Å². The van der Waals surface area contributed by atoms with E-state index >= 15 is 0 Å². The Bertz CT molecular complexity index is 518. The minimum absolute atomic E-state index is 0.463. The summed E-state index contributed by atoms with van der Waals surface area (Å²) in [7, 11) is 0. The van der Waals surface area contributed by atoms with Gasteiger partial charge >= 0.3 is 0 Å². The SMILES string of the molecule is Cc1ccc2c(c1)C(C)[n+]1cc(C)ccc1-2. The number of fused-ring (bicyclic) bond motifs is 3. The molecular formula is C15H16N+. The molecule has 0 radical (unpaired) electrons. The Balaban J connectivity index is 2.30. The van der Waals surface area contributed by atoms with Gasteiger partial charge in [0.2, 0.25) is 5.69 Å². The molecule has 1 aromatic carbocycles. The average molecular weight is 210 g/mol. The van der Waals surface area contributed by atoms with E-state index in [-0.39, 0.29) is 0 Å². The lowest BCUT2D eigenvalue weighted by Gasteiger charge is -2.01. The van der Waals surface area contributed by atoms with E-state index in [4.69, 9.17) is 0 Å². The van der Waals surface area contributed by atoms with Crippen molar-refractivity contribution >= 4 is 0 Å². The number of aryl methyl sites for hydroxylation is 2. The first-order valence-corrected chi connectivity index (χ1v) is 5.79. The number of pyridine rings is 1. The summed E-state index contributed by atoms with van der Waals surface area (Å²) in [6.45, 7) is 6.58. The molecule has 0 fully saturated rings. The largest absolute Gasteiger partial charge is 0.213 e. The lowest BCUT2D eigenvalue weighted by atomic mass is 10.0. The Morgan fingerprint density at radius 3 is 2.56 bits per heavy atom. The second kappa shape index (κ2) is 3.18. The third-order valence-electron chi connectivity index (χ3n) is 3.48. The molecule has 0 spiro atoms. The molecule has 16 heavy (non-hydrogen) atoms. The Morgan fingerprint density at radius 2 is 1.75 bits per heavy atom. The molecule has 0 saturated carbocycles. The highest BCUT2D eigenvalue weighted by molar-refractivity contribution is 5.65. The van der Waals surface area contributed by atoms with E-state index in [0.717, 1.165) is 0 Å². The maximum atomic E-state index is 2.37. The monoisotopic (exact) mass is 210 g/mol. The highest BCUT2D eigenvalue weighted by Crippen LogP contribution is 2.33. The molecule has 1 unspecified atom stereocenters. The summed E-state index contributed by atoms with van der Waals surface area (Å²) in [5.74, 6) is 0. The first-order chi connectivity index (χ1) is 7.66. The van der Waals surface area contributed by atoms with Gasteiger partial charge in [0.05, 0.1) is 5.56 Å². The topological polar surface area (TPSA) is 3.88 Å². The smallest absolute Gasteiger partial charge is 0.191 e. The zero-order valence-electron chi connectivity index (χ0n) is 9.99. The van der Waals surface area contributed by atoms with Crippen LogP contribution in [-0.2, 0) is 0 Å².